The fraction of sp³-hybridized carbons (Fsp3) is 0.467. The molecule has 0 amide bonds. The van der Waals surface area contributed by atoms with Gasteiger partial charge in [0.05, 0.1) is 24.5 Å². The van der Waals surface area contributed by atoms with Gasteiger partial charge in [0.1, 0.15) is 11.5 Å². The van der Waals surface area contributed by atoms with Crippen molar-refractivity contribution in [2.45, 2.75) is 72.6 Å². The molecule has 6 heteroatoms. The number of carboxylic acids is 1. The molecule has 2 aliphatic carbocycles. The van der Waals surface area contributed by atoms with Crippen molar-refractivity contribution < 1.29 is 23.6 Å². The van der Waals surface area contributed by atoms with Crippen LogP contribution < -0.4 is 4.74 Å². The number of carbonyl (C=O) groups is 1. The van der Waals surface area contributed by atoms with Gasteiger partial charge < -0.3 is 18.8 Å². The normalized spacial score (nSPS) is 17.4. The number of aryl methyl sites for hydroxylation is 2. The van der Waals surface area contributed by atoms with E-state index in [1.165, 1.54) is 5.57 Å². The van der Waals surface area contributed by atoms with Gasteiger partial charge in [-0.1, -0.05) is 57.0 Å². The van der Waals surface area contributed by atoms with Crippen LogP contribution in [-0.2, 0) is 30.5 Å². The highest BCUT2D eigenvalue weighted by atomic mass is 16.5. The van der Waals surface area contributed by atoms with Gasteiger partial charge in [-0.15, -0.1) is 0 Å². The van der Waals surface area contributed by atoms with Crippen molar-refractivity contribution in [3.8, 4) is 5.75 Å². The first-order chi connectivity index (χ1) is 17.2. The van der Waals surface area contributed by atoms with E-state index in [4.69, 9.17) is 13.7 Å². The maximum absolute atomic E-state index is 11.5. The van der Waals surface area contributed by atoms with E-state index in [9.17, 15) is 9.90 Å². The Morgan fingerprint density at radius 3 is 2.81 bits per heavy atom. The van der Waals surface area contributed by atoms with Crippen molar-refractivity contribution >= 4 is 22.5 Å². The molecule has 1 atom stereocenters. The number of furan rings is 1. The molecular formula is C30H35NO5. The van der Waals surface area contributed by atoms with E-state index >= 15 is 0 Å². The summed E-state index contributed by atoms with van der Waals surface area (Å²) in [6.45, 7) is 9.30. The second-order valence-corrected chi connectivity index (χ2v) is 11.2. The molecule has 1 aromatic carbocycles. The second-order valence-electron chi connectivity index (χ2n) is 11.2. The van der Waals surface area contributed by atoms with Crippen LogP contribution in [0.3, 0.4) is 0 Å². The molecule has 0 aliphatic heterocycles. The smallest absolute Gasteiger partial charge is 0.310 e. The van der Waals surface area contributed by atoms with E-state index in [0.717, 1.165) is 82.5 Å². The summed E-state index contributed by atoms with van der Waals surface area (Å²) in [6.07, 6.45) is 11.3. The number of nitrogens with zero attached hydrogens (tertiary/aromatic N) is 1. The molecule has 0 saturated heterocycles. The number of carboxylic acid groups (broad SMARTS) is 1. The van der Waals surface area contributed by atoms with E-state index in [1.807, 2.05) is 12.3 Å². The maximum atomic E-state index is 11.5. The van der Waals surface area contributed by atoms with Crippen LogP contribution in [0.1, 0.15) is 75.1 Å². The topological polar surface area (TPSA) is 85.7 Å². The van der Waals surface area contributed by atoms with E-state index in [1.54, 1.807) is 6.08 Å². The Hall–Kier alpha value is -3.28. The number of aliphatic carboxylic acids is 1. The first-order valence-electron chi connectivity index (χ1n) is 13.0. The number of rotatable bonds is 8. The number of allylic oxidation sites excluding steroid dienone is 3. The van der Waals surface area contributed by atoms with Crippen LogP contribution in [0.5, 0.6) is 5.75 Å². The third-order valence-electron chi connectivity index (χ3n) is 7.13. The van der Waals surface area contributed by atoms with Crippen LogP contribution in [0.2, 0.25) is 0 Å². The zero-order valence-electron chi connectivity index (χ0n) is 21.6. The first-order valence-corrected chi connectivity index (χ1v) is 13.0. The second kappa shape index (κ2) is 9.64. The van der Waals surface area contributed by atoms with Crippen molar-refractivity contribution in [1.82, 2.24) is 5.16 Å². The quantitative estimate of drug-likeness (QED) is 0.369. The van der Waals surface area contributed by atoms with Crippen LogP contribution in [-0.4, -0.2) is 22.8 Å². The van der Waals surface area contributed by atoms with Gasteiger partial charge in [0, 0.05) is 34.9 Å². The van der Waals surface area contributed by atoms with Crippen molar-refractivity contribution in [3.63, 3.8) is 0 Å². The highest BCUT2D eigenvalue weighted by molar-refractivity contribution is 5.86. The van der Waals surface area contributed by atoms with Gasteiger partial charge in [0.15, 0.2) is 5.58 Å². The average Bonchev–Trinajstić information content (AvgIpc) is 3.43. The molecule has 1 N–H and O–H groups in total. The number of benzene rings is 1. The highest BCUT2D eigenvalue weighted by Crippen LogP contribution is 2.41. The van der Waals surface area contributed by atoms with Crippen LogP contribution >= 0.6 is 0 Å². The van der Waals surface area contributed by atoms with Crippen molar-refractivity contribution in [2.75, 3.05) is 6.61 Å². The minimum Gasteiger partial charge on any atom is -0.493 e. The molecule has 190 valence electrons. The summed E-state index contributed by atoms with van der Waals surface area (Å²) in [5.74, 6) is 0.641. The summed E-state index contributed by atoms with van der Waals surface area (Å²) < 4.78 is 18.1. The highest BCUT2D eigenvalue weighted by Gasteiger charge is 2.29. The lowest BCUT2D eigenvalue weighted by Crippen LogP contribution is -2.17. The summed E-state index contributed by atoms with van der Waals surface area (Å²) in [4.78, 5) is 11.5. The molecule has 0 saturated carbocycles. The van der Waals surface area contributed by atoms with E-state index in [-0.39, 0.29) is 5.41 Å². The lowest BCUT2D eigenvalue weighted by atomic mass is 9.79. The SMILES string of the molecule is CCCc1c(OCCc2coc3c2C2=C(CC3)CC(C(=O)O)C=C2)ccc2c(CC(C)(C)C)noc12. The molecule has 3 aromatic rings. The zero-order chi connectivity index (χ0) is 25.4. The van der Waals surface area contributed by atoms with E-state index < -0.39 is 11.9 Å². The van der Waals surface area contributed by atoms with Gasteiger partial charge in [-0.05, 0) is 48.8 Å². The number of fused-ring (bicyclic) bond motifs is 3. The fourth-order valence-corrected chi connectivity index (χ4v) is 5.45. The number of aromatic nitrogens is 1. The molecule has 2 heterocycles. The summed E-state index contributed by atoms with van der Waals surface area (Å²) >= 11 is 0. The molecule has 36 heavy (non-hydrogen) atoms. The summed E-state index contributed by atoms with van der Waals surface area (Å²) in [5.41, 5.74) is 7.64. The lowest BCUT2D eigenvalue weighted by Gasteiger charge is -2.24. The van der Waals surface area contributed by atoms with Gasteiger partial charge in [-0.25, -0.2) is 0 Å². The van der Waals surface area contributed by atoms with Gasteiger partial charge in [-0.3, -0.25) is 4.79 Å². The van der Waals surface area contributed by atoms with Crippen LogP contribution in [0.25, 0.3) is 16.5 Å². The Kier molecular flexibility index (Phi) is 6.54. The van der Waals surface area contributed by atoms with Crippen molar-refractivity contribution in [3.05, 3.63) is 64.3 Å². The van der Waals surface area contributed by atoms with Crippen molar-refractivity contribution in [1.29, 1.82) is 0 Å². The maximum Gasteiger partial charge on any atom is 0.310 e. The fourth-order valence-electron chi connectivity index (χ4n) is 5.45. The minimum atomic E-state index is -0.762. The molecule has 0 bridgehead atoms. The molecule has 0 fully saturated rings. The summed E-state index contributed by atoms with van der Waals surface area (Å²) in [7, 11) is 0. The third kappa shape index (κ3) is 4.73. The predicted octanol–water partition coefficient (Wildman–Crippen LogP) is 6.94. The Labute approximate surface area is 212 Å². The lowest BCUT2D eigenvalue weighted by molar-refractivity contribution is -0.140. The Morgan fingerprint density at radius 2 is 2.06 bits per heavy atom. The Morgan fingerprint density at radius 1 is 1.22 bits per heavy atom. The molecule has 5 rings (SSSR count). The summed E-state index contributed by atoms with van der Waals surface area (Å²) in [6, 6.07) is 4.13. The van der Waals surface area contributed by atoms with Crippen LogP contribution in [0.15, 0.2) is 45.1 Å². The summed E-state index contributed by atoms with van der Waals surface area (Å²) in [5, 5.41) is 14.9. The third-order valence-corrected chi connectivity index (χ3v) is 7.13. The molecule has 0 radical (unpaired) electrons. The van der Waals surface area contributed by atoms with Crippen LogP contribution in [0.4, 0.5) is 0 Å². The number of hydrogen-bond acceptors (Lipinski definition) is 5. The Balaban J connectivity index is 1.34. The molecule has 2 aliphatic rings. The Bertz CT molecular complexity index is 1350. The standard InChI is InChI=1S/C30H35NO5/c1-5-6-23-25(12-10-22-24(16-30(2,3)4)31-36-28(22)23)34-14-13-20-17-35-26-11-8-18-15-19(29(32)33)7-9-21(18)27(20)26/h7,9-10,12,17,19H,5-6,8,11,13-16H2,1-4H3,(H,32,33). The minimum absolute atomic E-state index is 0.130. The zero-order valence-corrected chi connectivity index (χ0v) is 21.6. The van der Waals surface area contributed by atoms with Crippen molar-refractivity contribution in [2.24, 2.45) is 11.3 Å². The number of ether oxygens (including phenoxy) is 1. The molecule has 0 spiro atoms. The average molecular weight is 490 g/mol. The molecular weight excluding hydrogens is 454 g/mol. The predicted molar refractivity (Wildman–Crippen MR) is 139 cm³/mol. The molecule has 2 aromatic heterocycles. The van der Waals surface area contributed by atoms with E-state index in [0.29, 0.717) is 19.4 Å². The van der Waals surface area contributed by atoms with Gasteiger partial charge in [0.25, 0.3) is 0 Å². The molecule has 1 unspecified atom stereocenters. The van der Waals surface area contributed by atoms with Gasteiger partial charge in [0.2, 0.25) is 0 Å². The van der Waals surface area contributed by atoms with Crippen LogP contribution in [0, 0.1) is 11.3 Å². The van der Waals surface area contributed by atoms with E-state index in [2.05, 4.69) is 45.0 Å². The van der Waals surface area contributed by atoms with Gasteiger partial charge in [-0.2, -0.15) is 0 Å². The van der Waals surface area contributed by atoms with Gasteiger partial charge >= 0.3 is 5.97 Å². The number of hydrogen-bond donors (Lipinski definition) is 1. The largest absolute Gasteiger partial charge is 0.493 e. The monoisotopic (exact) mass is 489 g/mol. The first kappa shape index (κ1) is 24.4. The molecule has 6 nitrogen and oxygen atoms in total.